The first-order chi connectivity index (χ1) is 12.1. The number of rotatable bonds is 3. The average molecular weight is 356 g/mol. The lowest BCUT2D eigenvalue weighted by atomic mass is 9.75. The SMILES string of the molecule is CN(C1C2CCCC1Cc1ccccc1C2)S(=O)(=O)c1ccccc1. The molecule has 2 atom stereocenters. The Hall–Kier alpha value is -1.65. The Labute approximate surface area is 150 Å². The molecule has 0 aliphatic heterocycles. The lowest BCUT2D eigenvalue weighted by Gasteiger charge is -2.41. The predicted octanol–water partition coefficient (Wildman–Crippen LogP) is 3.89. The summed E-state index contributed by atoms with van der Waals surface area (Å²) < 4.78 is 28.0. The predicted molar refractivity (Wildman–Crippen MR) is 99.9 cm³/mol. The summed E-state index contributed by atoms with van der Waals surface area (Å²) in [5.41, 5.74) is 2.82. The zero-order valence-electron chi connectivity index (χ0n) is 14.6. The van der Waals surface area contributed by atoms with Crippen molar-refractivity contribution in [3.05, 3.63) is 65.7 Å². The highest BCUT2D eigenvalue weighted by Gasteiger charge is 2.42. The van der Waals surface area contributed by atoms with E-state index in [4.69, 9.17) is 0 Å². The van der Waals surface area contributed by atoms with Crippen LogP contribution in [0.25, 0.3) is 0 Å². The monoisotopic (exact) mass is 355 g/mol. The van der Waals surface area contributed by atoms with Gasteiger partial charge in [-0.05, 0) is 60.8 Å². The number of benzene rings is 2. The van der Waals surface area contributed by atoms with Gasteiger partial charge in [0.15, 0.2) is 0 Å². The van der Waals surface area contributed by atoms with Crippen molar-refractivity contribution < 1.29 is 8.42 Å². The van der Waals surface area contributed by atoms with Gasteiger partial charge in [-0.15, -0.1) is 0 Å². The molecule has 2 bridgehead atoms. The smallest absolute Gasteiger partial charge is 0.207 e. The fraction of sp³-hybridized carbons (Fsp3) is 0.429. The van der Waals surface area contributed by atoms with Gasteiger partial charge in [0.1, 0.15) is 0 Å². The summed E-state index contributed by atoms with van der Waals surface area (Å²) in [7, 11) is -1.66. The third-order valence-corrected chi connectivity index (χ3v) is 7.91. The minimum atomic E-state index is -3.45. The van der Waals surface area contributed by atoms with Gasteiger partial charge in [0.05, 0.1) is 4.90 Å². The average Bonchev–Trinajstić information content (AvgIpc) is 2.72. The first kappa shape index (κ1) is 16.8. The summed E-state index contributed by atoms with van der Waals surface area (Å²) in [5, 5.41) is 0. The summed E-state index contributed by atoms with van der Waals surface area (Å²) in [6.07, 6.45) is 5.42. The van der Waals surface area contributed by atoms with Crippen molar-refractivity contribution in [2.24, 2.45) is 11.8 Å². The molecular weight excluding hydrogens is 330 g/mol. The van der Waals surface area contributed by atoms with Gasteiger partial charge in [-0.1, -0.05) is 48.9 Å². The lowest BCUT2D eigenvalue weighted by Crippen LogP contribution is -2.48. The molecular formula is C21H25NO2S. The molecule has 0 heterocycles. The van der Waals surface area contributed by atoms with E-state index in [0.29, 0.717) is 16.7 Å². The fourth-order valence-corrected chi connectivity index (χ4v) is 6.35. The topological polar surface area (TPSA) is 37.4 Å². The van der Waals surface area contributed by atoms with Crippen molar-refractivity contribution in [1.29, 1.82) is 0 Å². The second-order valence-electron chi connectivity index (χ2n) is 7.45. The van der Waals surface area contributed by atoms with Crippen LogP contribution in [0.15, 0.2) is 59.5 Å². The quantitative estimate of drug-likeness (QED) is 0.838. The van der Waals surface area contributed by atoms with Crippen molar-refractivity contribution in [2.45, 2.75) is 43.0 Å². The molecule has 3 nitrogen and oxygen atoms in total. The van der Waals surface area contributed by atoms with Gasteiger partial charge < -0.3 is 0 Å². The Bertz CT molecular complexity index is 814. The van der Waals surface area contributed by atoms with Crippen LogP contribution in [-0.4, -0.2) is 25.8 Å². The van der Waals surface area contributed by atoms with Crippen LogP contribution < -0.4 is 0 Å². The van der Waals surface area contributed by atoms with Crippen LogP contribution in [-0.2, 0) is 22.9 Å². The fourth-order valence-electron chi connectivity index (χ4n) is 4.85. The van der Waals surface area contributed by atoms with Gasteiger partial charge in [-0.3, -0.25) is 0 Å². The second-order valence-corrected chi connectivity index (χ2v) is 9.45. The van der Waals surface area contributed by atoms with Crippen LogP contribution in [0.5, 0.6) is 0 Å². The zero-order chi connectivity index (χ0) is 17.4. The van der Waals surface area contributed by atoms with Crippen molar-refractivity contribution in [2.75, 3.05) is 7.05 Å². The third kappa shape index (κ3) is 3.02. The molecule has 0 N–H and O–H groups in total. The summed E-state index contributed by atoms with van der Waals surface area (Å²) in [5.74, 6) is 0.816. The van der Waals surface area contributed by atoms with Gasteiger partial charge in [-0.25, -0.2) is 8.42 Å². The molecule has 25 heavy (non-hydrogen) atoms. The van der Waals surface area contributed by atoms with E-state index in [-0.39, 0.29) is 6.04 Å². The standard InChI is InChI=1S/C21H25NO2S/c1-22(25(23,24)20-12-3-2-4-13-20)21-18-10-7-11-19(21)15-17-9-6-5-8-16(17)14-18/h2-6,8-9,12-13,18-19,21H,7,10-11,14-15H2,1H3. The van der Waals surface area contributed by atoms with E-state index >= 15 is 0 Å². The number of fused-ring (bicyclic) bond motifs is 3. The number of sulfonamides is 1. The van der Waals surface area contributed by atoms with Crippen LogP contribution in [0, 0.1) is 11.8 Å². The Morgan fingerprint density at radius 1 is 0.840 bits per heavy atom. The molecule has 2 aliphatic rings. The van der Waals surface area contributed by atoms with Crippen molar-refractivity contribution >= 4 is 10.0 Å². The van der Waals surface area contributed by atoms with Crippen LogP contribution >= 0.6 is 0 Å². The van der Waals surface area contributed by atoms with E-state index < -0.39 is 10.0 Å². The van der Waals surface area contributed by atoms with Gasteiger partial charge in [0.25, 0.3) is 0 Å². The third-order valence-electron chi connectivity index (χ3n) is 6.04. The van der Waals surface area contributed by atoms with Gasteiger partial charge in [0, 0.05) is 13.1 Å². The molecule has 1 saturated carbocycles. The number of hydrogen-bond acceptors (Lipinski definition) is 2. The molecule has 2 aliphatic carbocycles. The van der Waals surface area contributed by atoms with E-state index in [9.17, 15) is 8.42 Å². The molecule has 0 spiro atoms. The molecule has 2 aromatic carbocycles. The van der Waals surface area contributed by atoms with Crippen molar-refractivity contribution in [3.8, 4) is 0 Å². The van der Waals surface area contributed by atoms with E-state index in [0.717, 1.165) is 25.7 Å². The molecule has 4 heteroatoms. The summed E-state index contributed by atoms with van der Waals surface area (Å²) in [4.78, 5) is 0.400. The van der Waals surface area contributed by atoms with Crippen LogP contribution in [0.2, 0.25) is 0 Å². The summed E-state index contributed by atoms with van der Waals surface area (Å²) >= 11 is 0. The summed E-state index contributed by atoms with van der Waals surface area (Å²) in [6, 6.07) is 17.6. The molecule has 0 radical (unpaired) electrons. The molecule has 4 rings (SSSR count). The van der Waals surface area contributed by atoms with E-state index in [1.54, 1.807) is 35.6 Å². The number of nitrogens with zero attached hydrogens (tertiary/aromatic N) is 1. The van der Waals surface area contributed by atoms with Crippen molar-refractivity contribution in [3.63, 3.8) is 0 Å². The summed E-state index contributed by atoms with van der Waals surface area (Å²) in [6.45, 7) is 0. The highest BCUT2D eigenvalue weighted by molar-refractivity contribution is 7.89. The van der Waals surface area contributed by atoms with Crippen molar-refractivity contribution in [1.82, 2.24) is 4.31 Å². The molecule has 0 aromatic heterocycles. The Morgan fingerprint density at radius 2 is 1.36 bits per heavy atom. The van der Waals surface area contributed by atoms with Gasteiger partial charge in [-0.2, -0.15) is 4.31 Å². The molecule has 2 aromatic rings. The lowest BCUT2D eigenvalue weighted by molar-refractivity contribution is 0.135. The molecule has 0 saturated heterocycles. The van der Waals surface area contributed by atoms with Gasteiger partial charge in [0.2, 0.25) is 10.0 Å². The van der Waals surface area contributed by atoms with Gasteiger partial charge >= 0.3 is 0 Å². The minimum Gasteiger partial charge on any atom is -0.207 e. The first-order valence-corrected chi connectivity index (χ1v) is 10.6. The van der Waals surface area contributed by atoms with E-state index in [2.05, 4.69) is 24.3 Å². The first-order valence-electron chi connectivity index (χ1n) is 9.17. The molecule has 2 unspecified atom stereocenters. The Kier molecular flexibility index (Phi) is 4.42. The van der Waals surface area contributed by atoms with E-state index in [1.165, 1.54) is 17.5 Å². The van der Waals surface area contributed by atoms with Crippen LogP contribution in [0.3, 0.4) is 0 Å². The molecule has 132 valence electrons. The Morgan fingerprint density at radius 3 is 1.92 bits per heavy atom. The maximum atomic E-state index is 13.2. The van der Waals surface area contributed by atoms with E-state index in [1.807, 2.05) is 6.07 Å². The second kappa shape index (κ2) is 6.58. The van der Waals surface area contributed by atoms with Crippen LogP contribution in [0.1, 0.15) is 30.4 Å². The maximum absolute atomic E-state index is 13.2. The van der Waals surface area contributed by atoms with Crippen LogP contribution in [0.4, 0.5) is 0 Å². The normalized spacial score (nSPS) is 26.1. The molecule has 1 fully saturated rings. The highest BCUT2D eigenvalue weighted by Crippen LogP contribution is 2.41. The minimum absolute atomic E-state index is 0.0892. The molecule has 0 amide bonds. The largest absolute Gasteiger partial charge is 0.243 e. The Balaban J connectivity index is 1.70. The highest BCUT2D eigenvalue weighted by atomic mass is 32.2. The maximum Gasteiger partial charge on any atom is 0.243 e. The zero-order valence-corrected chi connectivity index (χ0v) is 15.5. The number of hydrogen-bond donors (Lipinski definition) is 0.